The first kappa shape index (κ1) is 14.9. The third-order valence-electron chi connectivity index (χ3n) is 3.20. The minimum atomic E-state index is -0.305. The lowest BCUT2D eigenvalue weighted by atomic mass is 9.98. The fourth-order valence-electron chi connectivity index (χ4n) is 1.85. The maximum atomic E-state index is 12.0. The summed E-state index contributed by atoms with van der Waals surface area (Å²) in [7, 11) is 0. The maximum Gasteiger partial charge on any atom is 0.237 e. The Morgan fingerprint density at radius 1 is 1.17 bits per heavy atom. The van der Waals surface area contributed by atoms with E-state index in [0.29, 0.717) is 13.1 Å². The summed E-state index contributed by atoms with van der Waals surface area (Å²) >= 11 is 0. The van der Waals surface area contributed by atoms with Crippen LogP contribution in [0.25, 0.3) is 0 Å². The Bertz CT molecular complexity index is 283. The second-order valence-corrected chi connectivity index (χ2v) is 4.64. The van der Waals surface area contributed by atoms with E-state index in [-0.39, 0.29) is 30.3 Å². The van der Waals surface area contributed by atoms with Crippen molar-refractivity contribution in [1.29, 1.82) is 0 Å². The van der Waals surface area contributed by atoms with Crippen LogP contribution >= 0.6 is 0 Å². The summed E-state index contributed by atoms with van der Waals surface area (Å²) in [6.45, 7) is 6.90. The molecule has 0 aromatic heterocycles. The zero-order chi connectivity index (χ0) is 13.4. The van der Waals surface area contributed by atoms with Crippen LogP contribution in [0, 0.1) is 5.92 Å². The first-order chi connectivity index (χ1) is 8.65. The van der Waals surface area contributed by atoms with Crippen LogP contribution in [0.15, 0.2) is 0 Å². The highest BCUT2D eigenvalue weighted by Gasteiger charge is 2.23. The van der Waals surface area contributed by atoms with Crippen molar-refractivity contribution in [2.24, 2.45) is 5.92 Å². The predicted molar refractivity (Wildman–Crippen MR) is 70.1 cm³/mol. The van der Waals surface area contributed by atoms with Crippen molar-refractivity contribution in [2.45, 2.75) is 26.3 Å². The van der Waals surface area contributed by atoms with Crippen LogP contribution in [0.3, 0.4) is 0 Å². The summed E-state index contributed by atoms with van der Waals surface area (Å²) in [6, 6.07) is -0.305. The Labute approximate surface area is 108 Å². The van der Waals surface area contributed by atoms with Crippen molar-refractivity contribution in [3.63, 3.8) is 0 Å². The zero-order valence-corrected chi connectivity index (χ0v) is 11.2. The van der Waals surface area contributed by atoms with Gasteiger partial charge in [0.15, 0.2) is 0 Å². The molecule has 1 heterocycles. The van der Waals surface area contributed by atoms with Crippen molar-refractivity contribution in [2.75, 3.05) is 32.7 Å². The summed E-state index contributed by atoms with van der Waals surface area (Å²) in [6.07, 6.45) is 0.894. The summed E-state index contributed by atoms with van der Waals surface area (Å²) in [5.74, 6) is 0.103. The number of carbonyl (C=O) groups is 2. The van der Waals surface area contributed by atoms with E-state index in [4.69, 9.17) is 0 Å². The molecule has 104 valence electrons. The van der Waals surface area contributed by atoms with Gasteiger partial charge in [0.2, 0.25) is 11.8 Å². The second-order valence-electron chi connectivity index (χ2n) is 4.64. The summed E-state index contributed by atoms with van der Waals surface area (Å²) in [5, 5.41) is 11.9. The summed E-state index contributed by atoms with van der Waals surface area (Å²) in [5.41, 5.74) is 0. The van der Waals surface area contributed by atoms with E-state index in [2.05, 4.69) is 21.3 Å². The normalized spacial score (nSPS) is 25.3. The third-order valence-corrected chi connectivity index (χ3v) is 3.20. The summed E-state index contributed by atoms with van der Waals surface area (Å²) < 4.78 is 0. The average molecular weight is 256 g/mol. The zero-order valence-electron chi connectivity index (χ0n) is 11.2. The maximum absolute atomic E-state index is 12.0. The molecular formula is C12H24N4O2. The Hall–Kier alpha value is -1.14. The quantitative estimate of drug-likeness (QED) is 0.501. The number of amides is 2. The van der Waals surface area contributed by atoms with Gasteiger partial charge in [-0.15, -0.1) is 0 Å². The van der Waals surface area contributed by atoms with Crippen molar-refractivity contribution < 1.29 is 9.59 Å². The van der Waals surface area contributed by atoms with E-state index in [0.717, 1.165) is 19.5 Å². The van der Waals surface area contributed by atoms with Crippen LogP contribution in [0.2, 0.25) is 0 Å². The molecule has 6 heteroatoms. The molecule has 0 bridgehead atoms. The molecule has 2 amide bonds. The largest absolute Gasteiger partial charge is 0.354 e. The highest BCUT2D eigenvalue weighted by molar-refractivity contribution is 5.83. The van der Waals surface area contributed by atoms with Crippen LogP contribution in [0.5, 0.6) is 0 Å². The van der Waals surface area contributed by atoms with Crippen LogP contribution in [0.1, 0.15) is 20.3 Å². The number of hydrogen-bond acceptors (Lipinski definition) is 4. The Balaban J connectivity index is 2.60. The molecule has 0 saturated carbocycles. The average Bonchev–Trinajstić information content (AvgIpc) is 2.35. The molecule has 1 rings (SSSR count). The monoisotopic (exact) mass is 256 g/mol. The van der Waals surface area contributed by atoms with E-state index in [1.54, 1.807) is 0 Å². The molecule has 4 N–H and O–H groups in total. The van der Waals surface area contributed by atoms with Gasteiger partial charge in [0.25, 0.3) is 0 Å². The van der Waals surface area contributed by atoms with Crippen LogP contribution in [0.4, 0.5) is 0 Å². The molecule has 2 atom stereocenters. The molecule has 1 aliphatic heterocycles. The van der Waals surface area contributed by atoms with Crippen molar-refractivity contribution in [1.82, 2.24) is 21.3 Å². The van der Waals surface area contributed by atoms with Gasteiger partial charge in [0, 0.05) is 26.2 Å². The van der Waals surface area contributed by atoms with Gasteiger partial charge in [-0.05, 0) is 5.92 Å². The lowest BCUT2D eigenvalue weighted by molar-refractivity contribution is -0.125. The van der Waals surface area contributed by atoms with E-state index in [9.17, 15) is 9.59 Å². The first-order valence-electron chi connectivity index (χ1n) is 6.63. The fraction of sp³-hybridized carbons (Fsp3) is 0.833. The summed E-state index contributed by atoms with van der Waals surface area (Å²) in [4.78, 5) is 23.5. The predicted octanol–water partition coefficient (Wildman–Crippen LogP) is -1.17. The van der Waals surface area contributed by atoms with Gasteiger partial charge in [-0.3, -0.25) is 14.9 Å². The molecule has 0 aliphatic carbocycles. The molecule has 0 aromatic rings. The van der Waals surface area contributed by atoms with Crippen molar-refractivity contribution in [3.05, 3.63) is 0 Å². The van der Waals surface area contributed by atoms with E-state index < -0.39 is 0 Å². The van der Waals surface area contributed by atoms with Crippen LogP contribution < -0.4 is 21.3 Å². The molecule has 6 nitrogen and oxygen atoms in total. The van der Waals surface area contributed by atoms with Crippen LogP contribution in [-0.4, -0.2) is 50.6 Å². The highest BCUT2D eigenvalue weighted by Crippen LogP contribution is 2.07. The Kier molecular flexibility index (Phi) is 6.67. The van der Waals surface area contributed by atoms with Gasteiger partial charge in [0.1, 0.15) is 0 Å². The number of carbonyl (C=O) groups excluding carboxylic acids is 2. The SMILES string of the molecule is CCC(C)[C@@H]1NCC(=O)NCCNCCNC1=O. The van der Waals surface area contributed by atoms with Gasteiger partial charge in [-0.1, -0.05) is 20.3 Å². The van der Waals surface area contributed by atoms with Gasteiger partial charge < -0.3 is 16.0 Å². The number of rotatable bonds is 2. The van der Waals surface area contributed by atoms with Gasteiger partial charge in [-0.2, -0.15) is 0 Å². The molecular weight excluding hydrogens is 232 g/mol. The molecule has 0 spiro atoms. The van der Waals surface area contributed by atoms with Gasteiger partial charge in [-0.25, -0.2) is 0 Å². The second kappa shape index (κ2) is 8.05. The van der Waals surface area contributed by atoms with Gasteiger partial charge >= 0.3 is 0 Å². The standard InChI is InChI=1S/C12H24N4O2/c1-3-9(2)11-12(18)15-7-5-13-4-6-14-10(17)8-16-11/h9,11,13,16H,3-8H2,1-2H3,(H,14,17)(H,15,18)/t9?,11-/m0/s1. The van der Waals surface area contributed by atoms with E-state index >= 15 is 0 Å². The third kappa shape index (κ3) is 5.01. The van der Waals surface area contributed by atoms with E-state index in [1.807, 2.05) is 13.8 Å². The Morgan fingerprint density at radius 3 is 2.50 bits per heavy atom. The molecule has 1 fully saturated rings. The fourth-order valence-corrected chi connectivity index (χ4v) is 1.85. The molecule has 1 aliphatic rings. The van der Waals surface area contributed by atoms with Gasteiger partial charge in [0.05, 0.1) is 12.6 Å². The molecule has 0 aromatic carbocycles. The molecule has 18 heavy (non-hydrogen) atoms. The molecule has 0 radical (unpaired) electrons. The molecule has 1 saturated heterocycles. The lowest BCUT2D eigenvalue weighted by Crippen LogP contribution is -2.52. The minimum Gasteiger partial charge on any atom is -0.354 e. The lowest BCUT2D eigenvalue weighted by Gasteiger charge is -2.24. The number of hydrogen-bond donors (Lipinski definition) is 4. The van der Waals surface area contributed by atoms with Crippen LogP contribution in [-0.2, 0) is 9.59 Å². The van der Waals surface area contributed by atoms with Crippen molar-refractivity contribution in [3.8, 4) is 0 Å². The topological polar surface area (TPSA) is 82.3 Å². The smallest absolute Gasteiger partial charge is 0.237 e. The molecule has 1 unspecified atom stereocenters. The minimum absolute atomic E-state index is 0.0282. The first-order valence-corrected chi connectivity index (χ1v) is 6.63. The van der Waals surface area contributed by atoms with E-state index in [1.165, 1.54) is 0 Å². The Morgan fingerprint density at radius 2 is 1.83 bits per heavy atom. The van der Waals surface area contributed by atoms with Crippen molar-refractivity contribution >= 4 is 11.8 Å². The highest BCUT2D eigenvalue weighted by atomic mass is 16.2. The number of nitrogens with one attached hydrogen (secondary N) is 4.